The molecule has 3 aromatic carbocycles. The number of fused-ring (bicyclic) bond motifs is 1. The van der Waals surface area contributed by atoms with Crippen molar-refractivity contribution in [2.24, 2.45) is 0 Å². The van der Waals surface area contributed by atoms with Crippen LogP contribution in [0.3, 0.4) is 0 Å². The van der Waals surface area contributed by atoms with Crippen molar-refractivity contribution in [3.8, 4) is 11.1 Å². The number of anilines is 2. The van der Waals surface area contributed by atoms with Crippen molar-refractivity contribution in [3.63, 3.8) is 0 Å². The van der Waals surface area contributed by atoms with Crippen LogP contribution in [-0.4, -0.2) is 46.3 Å². The van der Waals surface area contributed by atoms with Gasteiger partial charge >= 0.3 is 0 Å². The van der Waals surface area contributed by atoms with Crippen LogP contribution in [0.5, 0.6) is 0 Å². The molecule has 1 saturated heterocycles. The molecule has 1 N–H and O–H groups in total. The van der Waals surface area contributed by atoms with E-state index in [0.717, 1.165) is 87.8 Å². The fourth-order valence-corrected chi connectivity index (χ4v) is 7.15. The minimum absolute atomic E-state index is 0.0849. The Morgan fingerprint density at radius 2 is 1.71 bits per heavy atom. The molecule has 2 fully saturated rings. The van der Waals surface area contributed by atoms with Gasteiger partial charge in [-0.3, -0.25) is 29.4 Å². The lowest BCUT2D eigenvalue weighted by Gasteiger charge is -2.28. The van der Waals surface area contributed by atoms with E-state index in [0.29, 0.717) is 12.0 Å². The Morgan fingerprint density at radius 1 is 0.959 bits per heavy atom. The van der Waals surface area contributed by atoms with Crippen LogP contribution < -0.4 is 10.2 Å². The molecule has 3 heterocycles. The van der Waals surface area contributed by atoms with Crippen LogP contribution >= 0.6 is 0 Å². The summed E-state index contributed by atoms with van der Waals surface area (Å²) in [6, 6.07) is 19.1. The Kier molecular flexibility index (Phi) is 8.15. The SMILES string of the molecule is [C-]#[N+]C1(c2ccc(N(CCCCc3ccc4c(c3)C(=O)N(C3CCC(=O)NC3=O)C4=O)c3cc(-c4c(C)noc4C)ccc3C)cc2)CC1. The molecule has 1 atom stereocenters. The summed E-state index contributed by atoms with van der Waals surface area (Å²) in [5, 5.41) is 6.40. The molecule has 10 heteroatoms. The molecule has 0 spiro atoms. The molecule has 3 aliphatic rings. The van der Waals surface area contributed by atoms with Gasteiger partial charge in [0.05, 0.1) is 16.8 Å². The Balaban J connectivity index is 1.10. The number of benzene rings is 3. The summed E-state index contributed by atoms with van der Waals surface area (Å²) in [6.07, 6.45) is 4.38. The van der Waals surface area contributed by atoms with Crippen molar-refractivity contribution in [2.75, 3.05) is 11.4 Å². The lowest BCUT2D eigenvalue weighted by atomic mass is 9.99. The van der Waals surface area contributed by atoms with Gasteiger partial charge in [-0.2, -0.15) is 0 Å². The number of aryl methyl sites for hydroxylation is 4. The molecule has 1 saturated carbocycles. The molecule has 10 nitrogen and oxygen atoms in total. The molecule has 1 unspecified atom stereocenters. The van der Waals surface area contributed by atoms with Crippen LogP contribution in [0.15, 0.2) is 65.2 Å². The molecule has 248 valence electrons. The number of imide groups is 2. The normalized spacial score (nSPS) is 17.9. The second-order valence-corrected chi connectivity index (χ2v) is 13.3. The van der Waals surface area contributed by atoms with Crippen LogP contribution in [0.4, 0.5) is 11.4 Å². The molecular formula is C39H37N5O5. The highest BCUT2D eigenvalue weighted by molar-refractivity contribution is 6.23. The number of amides is 4. The average Bonchev–Trinajstić information content (AvgIpc) is 3.77. The second-order valence-electron chi connectivity index (χ2n) is 13.3. The number of hydrogen-bond acceptors (Lipinski definition) is 7. The summed E-state index contributed by atoms with van der Waals surface area (Å²) in [5.74, 6) is -1.24. The Hall–Kier alpha value is -5.56. The van der Waals surface area contributed by atoms with E-state index in [-0.39, 0.29) is 23.9 Å². The predicted octanol–water partition coefficient (Wildman–Crippen LogP) is 6.74. The lowest BCUT2D eigenvalue weighted by Crippen LogP contribution is -2.54. The number of aromatic nitrogens is 1. The van der Waals surface area contributed by atoms with Crippen molar-refractivity contribution in [3.05, 3.63) is 111 Å². The van der Waals surface area contributed by atoms with E-state index in [1.807, 2.05) is 19.9 Å². The molecule has 2 aliphatic heterocycles. The standard InChI is InChI=1S/C39H37N5O5/c1-23-8-10-27(35-24(2)42-49-25(35)3)22-33(23)43(29-13-11-28(12-14-29)39(40-4)18-19-39)20-6-5-7-26-9-15-30-31(21-26)38(48)44(37(30)47)32-16-17-34(45)41-36(32)46/h8-15,21-22,32H,5-7,16-20H2,1-3H3,(H,41,45,46). The molecule has 7 rings (SSSR count). The summed E-state index contributed by atoms with van der Waals surface area (Å²) in [7, 11) is 0. The van der Waals surface area contributed by atoms with Crippen molar-refractivity contribution in [1.82, 2.24) is 15.4 Å². The van der Waals surface area contributed by atoms with Gasteiger partial charge in [0.2, 0.25) is 11.8 Å². The molecule has 49 heavy (non-hydrogen) atoms. The zero-order valence-electron chi connectivity index (χ0n) is 27.8. The maximum Gasteiger partial charge on any atom is 0.262 e. The van der Waals surface area contributed by atoms with Crippen molar-refractivity contribution in [1.29, 1.82) is 0 Å². The number of carbonyl (C=O) groups is 4. The molecule has 0 radical (unpaired) electrons. The van der Waals surface area contributed by atoms with Gasteiger partial charge in [-0.05, 0) is 106 Å². The van der Waals surface area contributed by atoms with Crippen LogP contribution in [-0.2, 0) is 21.5 Å². The van der Waals surface area contributed by atoms with E-state index in [1.165, 1.54) is 0 Å². The third-order valence-electron chi connectivity index (χ3n) is 10.1. The number of hydrogen-bond donors (Lipinski definition) is 1. The highest BCUT2D eigenvalue weighted by atomic mass is 16.5. The summed E-state index contributed by atoms with van der Waals surface area (Å²) < 4.78 is 5.47. The molecular weight excluding hydrogens is 618 g/mol. The van der Waals surface area contributed by atoms with Gasteiger partial charge in [-0.1, -0.05) is 23.4 Å². The third-order valence-corrected chi connectivity index (χ3v) is 10.1. The van der Waals surface area contributed by atoms with Gasteiger partial charge < -0.3 is 14.3 Å². The molecule has 0 bridgehead atoms. The Labute approximate surface area is 284 Å². The first-order valence-electron chi connectivity index (χ1n) is 16.8. The second kappa shape index (κ2) is 12.5. The van der Waals surface area contributed by atoms with Crippen LogP contribution in [0.25, 0.3) is 16.0 Å². The highest BCUT2D eigenvalue weighted by Gasteiger charge is 2.52. The minimum atomic E-state index is -0.982. The minimum Gasteiger partial charge on any atom is -0.361 e. The van der Waals surface area contributed by atoms with E-state index in [9.17, 15) is 19.2 Å². The van der Waals surface area contributed by atoms with Crippen LogP contribution in [0, 0.1) is 27.3 Å². The fraction of sp³-hybridized carbons (Fsp3) is 0.333. The van der Waals surface area contributed by atoms with Crippen molar-refractivity contribution >= 4 is 35.0 Å². The van der Waals surface area contributed by atoms with E-state index in [4.69, 9.17) is 11.1 Å². The van der Waals surface area contributed by atoms with Gasteiger partial charge in [0.25, 0.3) is 17.4 Å². The van der Waals surface area contributed by atoms with Gasteiger partial charge in [0, 0.05) is 48.3 Å². The largest absolute Gasteiger partial charge is 0.361 e. The Morgan fingerprint density at radius 3 is 2.39 bits per heavy atom. The van der Waals surface area contributed by atoms with Gasteiger partial charge in [0.15, 0.2) is 0 Å². The zero-order chi connectivity index (χ0) is 34.4. The molecule has 1 aliphatic carbocycles. The predicted molar refractivity (Wildman–Crippen MR) is 183 cm³/mol. The number of rotatable bonds is 10. The zero-order valence-corrected chi connectivity index (χ0v) is 27.8. The van der Waals surface area contributed by atoms with Gasteiger partial charge in [-0.15, -0.1) is 0 Å². The Bertz CT molecular complexity index is 2030. The average molecular weight is 656 g/mol. The maximum atomic E-state index is 13.3. The quantitative estimate of drug-likeness (QED) is 0.114. The summed E-state index contributed by atoms with van der Waals surface area (Å²) >= 11 is 0. The van der Waals surface area contributed by atoms with Gasteiger partial charge in [0.1, 0.15) is 11.8 Å². The van der Waals surface area contributed by atoms with Crippen LogP contribution in [0.1, 0.15) is 87.4 Å². The number of piperidine rings is 1. The maximum absolute atomic E-state index is 13.3. The van der Waals surface area contributed by atoms with Crippen LogP contribution in [0.2, 0.25) is 0 Å². The first-order chi connectivity index (χ1) is 23.6. The first kappa shape index (κ1) is 32.0. The van der Waals surface area contributed by atoms with Gasteiger partial charge in [-0.25, -0.2) is 6.57 Å². The summed E-state index contributed by atoms with van der Waals surface area (Å²) in [6.45, 7) is 14.4. The number of carbonyl (C=O) groups excluding carboxylic acids is 4. The number of unbranched alkanes of at least 4 members (excludes halogenated alkanes) is 1. The van der Waals surface area contributed by atoms with Crippen molar-refractivity contribution in [2.45, 2.75) is 77.3 Å². The van der Waals surface area contributed by atoms with E-state index in [2.05, 4.69) is 69.6 Å². The molecule has 4 aromatic rings. The summed E-state index contributed by atoms with van der Waals surface area (Å²) in [5.41, 5.74) is 8.32. The van der Waals surface area contributed by atoms with E-state index < -0.39 is 29.7 Å². The molecule has 4 amide bonds. The van der Waals surface area contributed by atoms with E-state index in [1.54, 1.807) is 12.1 Å². The van der Waals surface area contributed by atoms with E-state index >= 15 is 0 Å². The smallest absolute Gasteiger partial charge is 0.262 e. The summed E-state index contributed by atoms with van der Waals surface area (Å²) in [4.78, 5) is 57.7. The third kappa shape index (κ3) is 5.79. The lowest BCUT2D eigenvalue weighted by molar-refractivity contribution is -0.136. The fourth-order valence-electron chi connectivity index (χ4n) is 7.15. The number of nitrogens with one attached hydrogen (secondary N) is 1. The molecule has 1 aromatic heterocycles. The monoisotopic (exact) mass is 655 g/mol. The first-order valence-corrected chi connectivity index (χ1v) is 16.8. The highest BCUT2D eigenvalue weighted by Crippen LogP contribution is 2.50. The topological polar surface area (TPSA) is 117 Å². The van der Waals surface area contributed by atoms with Crippen molar-refractivity contribution < 1.29 is 23.7 Å². The number of nitrogens with zero attached hydrogens (tertiary/aromatic N) is 4.